The molecule has 0 bridgehead atoms. The van der Waals surface area contributed by atoms with Gasteiger partial charge in [-0.25, -0.2) is 13.1 Å². The molecule has 2 aromatic carbocycles. The van der Waals surface area contributed by atoms with E-state index in [4.69, 9.17) is 0 Å². The van der Waals surface area contributed by atoms with Gasteiger partial charge in [0.25, 0.3) is 0 Å². The molecular weight excluding hydrogens is 322 g/mol. The normalized spacial score (nSPS) is 16.1. The number of nitrogens with one attached hydrogen (secondary N) is 1. The fourth-order valence-corrected chi connectivity index (χ4v) is 4.36. The lowest BCUT2D eigenvalue weighted by atomic mass is 10.0. The van der Waals surface area contributed by atoms with E-state index in [0.29, 0.717) is 12.8 Å². The molecule has 0 amide bonds. The minimum absolute atomic E-state index is 0.0146. The van der Waals surface area contributed by atoms with E-state index in [1.165, 1.54) is 0 Å². The van der Waals surface area contributed by atoms with Crippen LogP contribution in [-0.2, 0) is 29.3 Å². The van der Waals surface area contributed by atoms with Gasteiger partial charge in [-0.05, 0) is 35.2 Å². The fourth-order valence-electron chi connectivity index (χ4n) is 3.24. The second-order valence-corrected chi connectivity index (χ2v) is 8.33. The summed E-state index contributed by atoms with van der Waals surface area (Å²) >= 11 is 0. The van der Waals surface area contributed by atoms with E-state index >= 15 is 0 Å². The smallest absolute Gasteiger partial charge is 0.240 e. The first kappa shape index (κ1) is 17.1. The molecule has 0 spiro atoms. The highest BCUT2D eigenvalue weighted by Gasteiger charge is 2.36. The molecule has 0 fully saturated rings. The zero-order chi connectivity index (χ0) is 17.2. The second kappa shape index (κ2) is 6.67. The molecule has 0 aliphatic heterocycles. The zero-order valence-corrected chi connectivity index (χ0v) is 14.6. The maximum atomic E-state index is 12.5. The monoisotopic (exact) mass is 345 g/mol. The number of hydrogen-bond donors (Lipinski definition) is 2. The summed E-state index contributed by atoms with van der Waals surface area (Å²) in [5.74, 6) is 0. The quantitative estimate of drug-likeness (QED) is 0.845. The molecule has 0 radical (unpaired) electrons. The summed E-state index contributed by atoms with van der Waals surface area (Å²) in [7, 11) is -3.61. The predicted molar refractivity (Wildman–Crippen MR) is 94.4 cm³/mol. The third-order valence-electron chi connectivity index (χ3n) is 4.52. The number of benzene rings is 2. The van der Waals surface area contributed by atoms with E-state index < -0.39 is 15.6 Å². The minimum atomic E-state index is -3.61. The Morgan fingerprint density at radius 2 is 1.62 bits per heavy atom. The zero-order valence-electron chi connectivity index (χ0n) is 13.8. The van der Waals surface area contributed by atoms with Crippen LogP contribution >= 0.6 is 0 Å². The summed E-state index contributed by atoms with van der Waals surface area (Å²) in [6, 6.07) is 14.8. The van der Waals surface area contributed by atoms with Gasteiger partial charge in [0.2, 0.25) is 10.0 Å². The lowest BCUT2D eigenvalue weighted by Gasteiger charge is -2.22. The first-order chi connectivity index (χ1) is 11.4. The highest BCUT2D eigenvalue weighted by molar-refractivity contribution is 7.89. The molecule has 1 aliphatic rings. The first-order valence-electron chi connectivity index (χ1n) is 8.30. The fraction of sp³-hybridized carbons (Fsp3) is 0.368. The van der Waals surface area contributed by atoms with Gasteiger partial charge in [0.05, 0.1) is 10.5 Å². The van der Waals surface area contributed by atoms with Crippen molar-refractivity contribution in [3.63, 3.8) is 0 Å². The first-order valence-corrected chi connectivity index (χ1v) is 9.78. The van der Waals surface area contributed by atoms with Gasteiger partial charge >= 0.3 is 0 Å². The number of fused-ring (bicyclic) bond motifs is 1. The predicted octanol–water partition coefficient (Wildman–Crippen LogP) is 2.45. The molecule has 5 heteroatoms. The standard InChI is InChI=1S/C19H23NO3S/c1-2-5-15-8-10-18(11-9-15)24(22,23)20-14-19(21)12-16-6-3-4-7-17(16)13-19/h3-4,6-11,20-21H,2,5,12-14H2,1H3. The third-order valence-corrected chi connectivity index (χ3v) is 5.94. The van der Waals surface area contributed by atoms with Crippen LogP contribution in [0.1, 0.15) is 30.0 Å². The van der Waals surface area contributed by atoms with Crippen LogP contribution in [-0.4, -0.2) is 25.7 Å². The molecule has 0 heterocycles. The maximum absolute atomic E-state index is 12.5. The number of aliphatic hydroxyl groups is 1. The summed E-state index contributed by atoms with van der Waals surface area (Å²) < 4.78 is 27.5. The Hall–Kier alpha value is -1.69. The molecule has 1 aliphatic carbocycles. The van der Waals surface area contributed by atoms with E-state index in [-0.39, 0.29) is 11.4 Å². The summed E-state index contributed by atoms with van der Waals surface area (Å²) in [4.78, 5) is 0.237. The van der Waals surface area contributed by atoms with Crippen molar-refractivity contribution in [3.8, 4) is 0 Å². The van der Waals surface area contributed by atoms with Crippen molar-refractivity contribution in [2.24, 2.45) is 0 Å². The third kappa shape index (κ3) is 3.69. The molecule has 128 valence electrons. The van der Waals surface area contributed by atoms with Crippen LogP contribution in [0.3, 0.4) is 0 Å². The highest BCUT2D eigenvalue weighted by atomic mass is 32.2. The summed E-state index contributed by atoms with van der Waals surface area (Å²) in [5, 5.41) is 10.7. The van der Waals surface area contributed by atoms with E-state index in [1.807, 2.05) is 36.4 Å². The average molecular weight is 345 g/mol. The second-order valence-electron chi connectivity index (χ2n) is 6.57. The van der Waals surface area contributed by atoms with Crippen molar-refractivity contribution in [1.29, 1.82) is 0 Å². The lowest BCUT2D eigenvalue weighted by molar-refractivity contribution is 0.0567. The van der Waals surface area contributed by atoms with Gasteiger partial charge in [0.1, 0.15) is 0 Å². The summed E-state index contributed by atoms with van der Waals surface area (Å²) in [6.45, 7) is 2.10. The van der Waals surface area contributed by atoms with Crippen LogP contribution in [0.4, 0.5) is 0 Å². The SMILES string of the molecule is CCCc1ccc(S(=O)(=O)NCC2(O)Cc3ccccc3C2)cc1. The molecule has 2 aromatic rings. The Bertz CT molecular complexity index is 788. The molecule has 4 nitrogen and oxygen atoms in total. The van der Waals surface area contributed by atoms with Crippen LogP contribution in [0.2, 0.25) is 0 Å². The van der Waals surface area contributed by atoms with Gasteiger partial charge < -0.3 is 5.11 Å². The number of sulfonamides is 1. The van der Waals surface area contributed by atoms with E-state index in [9.17, 15) is 13.5 Å². The van der Waals surface area contributed by atoms with Gasteiger partial charge in [-0.3, -0.25) is 0 Å². The molecule has 0 atom stereocenters. The van der Waals surface area contributed by atoms with Crippen LogP contribution in [0.25, 0.3) is 0 Å². The van der Waals surface area contributed by atoms with Gasteiger partial charge in [0, 0.05) is 19.4 Å². The molecular formula is C19H23NO3S. The molecule has 2 N–H and O–H groups in total. The van der Waals surface area contributed by atoms with Crippen molar-refractivity contribution in [2.75, 3.05) is 6.54 Å². The van der Waals surface area contributed by atoms with Crippen LogP contribution in [0.15, 0.2) is 53.4 Å². The largest absolute Gasteiger partial charge is 0.388 e. The molecule has 0 saturated carbocycles. The number of rotatable bonds is 6. The van der Waals surface area contributed by atoms with Gasteiger partial charge in [-0.15, -0.1) is 0 Å². The van der Waals surface area contributed by atoms with Crippen LogP contribution in [0, 0.1) is 0 Å². The van der Waals surface area contributed by atoms with Gasteiger partial charge in [-0.2, -0.15) is 0 Å². The Balaban J connectivity index is 1.67. The summed E-state index contributed by atoms with van der Waals surface area (Å²) in [6.07, 6.45) is 2.91. The van der Waals surface area contributed by atoms with Crippen molar-refractivity contribution < 1.29 is 13.5 Å². The Labute approximate surface area is 143 Å². The number of aryl methyl sites for hydroxylation is 1. The molecule has 0 saturated heterocycles. The Morgan fingerprint density at radius 3 is 2.17 bits per heavy atom. The van der Waals surface area contributed by atoms with Crippen LogP contribution < -0.4 is 4.72 Å². The topological polar surface area (TPSA) is 66.4 Å². The molecule has 0 aromatic heterocycles. The van der Waals surface area contributed by atoms with Crippen molar-refractivity contribution >= 4 is 10.0 Å². The van der Waals surface area contributed by atoms with Crippen molar-refractivity contribution in [1.82, 2.24) is 4.72 Å². The highest BCUT2D eigenvalue weighted by Crippen LogP contribution is 2.29. The van der Waals surface area contributed by atoms with E-state index in [2.05, 4.69) is 11.6 Å². The minimum Gasteiger partial charge on any atom is -0.388 e. The Kier molecular flexibility index (Phi) is 4.76. The van der Waals surface area contributed by atoms with E-state index in [0.717, 1.165) is 29.5 Å². The molecule has 3 rings (SSSR count). The number of hydrogen-bond acceptors (Lipinski definition) is 3. The van der Waals surface area contributed by atoms with Crippen LogP contribution in [0.5, 0.6) is 0 Å². The summed E-state index contributed by atoms with van der Waals surface area (Å²) in [5.41, 5.74) is 2.24. The van der Waals surface area contributed by atoms with E-state index in [1.54, 1.807) is 12.1 Å². The lowest BCUT2D eigenvalue weighted by Crippen LogP contribution is -2.43. The average Bonchev–Trinajstić information content (AvgIpc) is 2.91. The van der Waals surface area contributed by atoms with Gasteiger partial charge in [-0.1, -0.05) is 49.7 Å². The maximum Gasteiger partial charge on any atom is 0.240 e. The van der Waals surface area contributed by atoms with Gasteiger partial charge in [0.15, 0.2) is 0 Å². The Morgan fingerprint density at radius 1 is 1.04 bits per heavy atom. The molecule has 0 unspecified atom stereocenters. The van der Waals surface area contributed by atoms with Crippen molar-refractivity contribution in [3.05, 3.63) is 65.2 Å². The van der Waals surface area contributed by atoms with Crippen molar-refractivity contribution in [2.45, 2.75) is 43.1 Å². The molecule has 24 heavy (non-hydrogen) atoms.